The number of unbranched alkanes of at least 4 members (excludes halogenated alkanes) is 6. The summed E-state index contributed by atoms with van der Waals surface area (Å²) in [5, 5.41) is 1.09. The minimum absolute atomic E-state index is 0.0370. The molecule has 1 aliphatic carbocycles. The highest BCUT2D eigenvalue weighted by Crippen LogP contribution is 2.30. The van der Waals surface area contributed by atoms with Gasteiger partial charge in [-0.1, -0.05) is 67.8 Å². The van der Waals surface area contributed by atoms with Gasteiger partial charge in [-0.05, 0) is 44.4 Å². The van der Waals surface area contributed by atoms with E-state index < -0.39 is 0 Å². The number of carbonyl (C=O) groups excluding carboxylic acids is 1. The molecular weight excluding hydrogens is 340 g/mol. The fourth-order valence-corrected chi connectivity index (χ4v) is 3.76. The van der Waals surface area contributed by atoms with Crippen LogP contribution in [0.3, 0.4) is 0 Å². The predicted octanol–water partition coefficient (Wildman–Crippen LogP) is 6.40. The third kappa shape index (κ3) is 9.86. The fourth-order valence-electron chi connectivity index (χ4n) is 3.36. The van der Waals surface area contributed by atoms with Crippen LogP contribution in [0, 0.1) is 5.92 Å². The van der Waals surface area contributed by atoms with Gasteiger partial charge < -0.3 is 4.74 Å². The second-order valence-corrected chi connectivity index (χ2v) is 7.63. The molecule has 22 heavy (non-hydrogen) atoms. The molecule has 0 atom stereocenters. The summed E-state index contributed by atoms with van der Waals surface area (Å²) < 4.78 is 5.65. The van der Waals surface area contributed by atoms with E-state index in [2.05, 4.69) is 22.9 Å². The van der Waals surface area contributed by atoms with Gasteiger partial charge in [0.1, 0.15) is 6.10 Å². The second-order valence-electron chi connectivity index (χ2n) is 6.84. The Morgan fingerprint density at radius 2 is 1.64 bits per heavy atom. The third-order valence-corrected chi connectivity index (χ3v) is 5.38. The van der Waals surface area contributed by atoms with Crippen molar-refractivity contribution < 1.29 is 9.53 Å². The fraction of sp³-hybridized carbons (Fsp3) is 0.947. The lowest BCUT2D eigenvalue weighted by Crippen LogP contribution is -2.24. The van der Waals surface area contributed by atoms with E-state index in [-0.39, 0.29) is 12.1 Å². The van der Waals surface area contributed by atoms with Crippen molar-refractivity contribution in [2.75, 3.05) is 5.33 Å². The molecule has 0 aromatic carbocycles. The molecule has 130 valence electrons. The first-order valence-electron chi connectivity index (χ1n) is 9.51. The van der Waals surface area contributed by atoms with E-state index in [1.807, 2.05) is 0 Å². The molecule has 0 saturated heterocycles. The molecule has 0 heterocycles. The maximum Gasteiger partial charge on any atom is 0.306 e. The standard InChI is InChI=1S/C19H35BrO2/c1-2-3-7-10-17-12-14-18(15-13-17)22-19(21)11-8-5-4-6-9-16-20/h17-18H,2-16H2,1H3. The zero-order valence-electron chi connectivity index (χ0n) is 14.5. The van der Waals surface area contributed by atoms with Crippen molar-refractivity contribution in [1.29, 1.82) is 0 Å². The summed E-state index contributed by atoms with van der Waals surface area (Å²) in [7, 11) is 0. The molecule has 0 aromatic heterocycles. The van der Waals surface area contributed by atoms with Gasteiger partial charge in [0, 0.05) is 11.8 Å². The van der Waals surface area contributed by atoms with E-state index in [9.17, 15) is 4.79 Å². The lowest BCUT2D eigenvalue weighted by Gasteiger charge is -2.28. The molecule has 2 nitrogen and oxygen atoms in total. The highest BCUT2D eigenvalue weighted by Gasteiger charge is 2.23. The van der Waals surface area contributed by atoms with Crippen molar-refractivity contribution in [3.8, 4) is 0 Å². The van der Waals surface area contributed by atoms with Gasteiger partial charge in [0.15, 0.2) is 0 Å². The predicted molar refractivity (Wildman–Crippen MR) is 97.5 cm³/mol. The van der Waals surface area contributed by atoms with E-state index in [4.69, 9.17) is 4.74 Å². The molecule has 1 saturated carbocycles. The molecule has 0 amide bonds. The first-order chi connectivity index (χ1) is 10.8. The Morgan fingerprint density at radius 1 is 0.955 bits per heavy atom. The molecule has 0 unspecified atom stereocenters. The number of esters is 1. The van der Waals surface area contributed by atoms with Crippen molar-refractivity contribution in [1.82, 2.24) is 0 Å². The van der Waals surface area contributed by atoms with Gasteiger partial charge >= 0.3 is 5.97 Å². The molecule has 1 aliphatic rings. The van der Waals surface area contributed by atoms with E-state index in [0.717, 1.165) is 36.9 Å². The minimum atomic E-state index is 0.0370. The van der Waals surface area contributed by atoms with Gasteiger partial charge in [-0.15, -0.1) is 0 Å². The van der Waals surface area contributed by atoms with Gasteiger partial charge in [0.05, 0.1) is 0 Å². The van der Waals surface area contributed by atoms with E-state index >= 15 is 0 Å². The molecule has 1 rings (SSSR count). The van der Waals surface area contributed by atoms with Gasteiger partial charge in [0.25, 0.3) is 0 Å². The molecule has 0 aromatic rings. The number of hydrogen-bond acceptors (Lipinski definition) is 2. The Hall–Kier alpha value is -0.0500. The number of rotatable bonds is 12. The van der Waals surface area contributed by atoms with Crippen LogP contribution in [0.25, 0.3) is 0 Å². The quantitative estimate of drug-likeness (QED) is 0.224. The second kappa shape index (κ2) is 13.4. The van der Waals surface area contributed by atoms with Crippen LogP contribution in [0.4, 0.5) is 0 Å². The first kappa shape index (κ1) is 20.0. The number of halogens is 1. The number of ether oxygens (including phenoxy) is 1. The minimum Gasteiger partial charge on any atom is -0.462 e. The number of carbonyl (C=O) groups is 1. The Labute approximate surface area is 145 Å². The van der Waals surface area contributed by atoms with Crippen molar-refractivity contribution in [3.63, 3.8) is 0 Å². The highest BCUT2D eigenvalue weighted by atomic mass is 79.9. The summed E-state index contributed by atoms with van der Waals surface area (Å²) >= 11 is 3.44. The molecule has 1 fully saturated rings. The van der Waals surface area contributed by atoms with E-state index in [1.54, 1.807) is 0 Å². The van der Waals surface area contributed by atoms with E-state index in [1.165, 1.54) is 57.8 Å². The molecule has 0 bridgehead atoms. The van der Waals surface area contributed by atoms with Crippen molar-refractivity contribution in [2.24, 2.45) is 5.92 Å². The third-order valence-electron chi connectivity index (χ3n) is 4.82. The molecular formula is C19H35BrO2. The van der Waals surface area contributed by atoms with Crippen LogP contribution in [-0.4, -0.2) is 17.4 Å². The van der Waals surface area contributed by atoms with Crippen molar-refractivity contribution in [3.05, 3.63) is 0 Å². The van der Waals surface area contributed by atoms with Gasteiger partial charge in [-0.3, -0.25) is 4.79 Å². The summed E-state index contributed by atoms with van der Waals surface area (Å²) in [6, 6.07) is 0. The average Bonchev–Trinajstić information content (AvgIpc) is 2.53. The lowest BCUT2D eigenvalue weighted by atomic mass is 9.84. The SMILES string of the molecule is CCCCCC1CCC(OC(=O)CCCCCCCBr)CC1. The van der Waals surface area contributed by atoms with Crippen LogP contribution in [0.2, 0.25) is 0 Å². The molecule has 0 spiro atoms. The zero-order chi connectivity index (χ0) is 16.0. The monoisotopic (exact) mass is 374 g/mol. The van der Waals surface area contributed by atoms with Crippen molar-refractivity contribution >= 4 is 21.9 Å². The topological polar surface area (TPSA) is 26.3 Å². The Bertz CT molecular complexity index is 273. The zero-order valence-corrected chi connectivity index (χ0v) is 16.0. The maximum absolute atomic E-state index is 11.9. The molecule has 0 radical (unpaired) electrons. The summed E-state index contributed by atoms with van der Waals surface area (Å²) in [5.74, 6) is 0.922. The Kier molecular flexibility index (Phi) is 12.2. The van der Waals surface area contributed by atoms with Crippen LogP contribution >= 0.6 is 15.9 Å². The molecule has 0 aliphatic heterocycles. The van der Waals surface area contributed by atoms with E-state index in [0.29, 0.717) is 6.42 Å². The normalized spacial score (nSPS) is 21.7. The highest BCUT2D eigenvalue weighted by molar-refractivity contribution is 9.09. The largest absolute Gasteiger partial charge is 0.462 e. The summed E-state index contributed by atoms with van der Waals surface area (Å²) in [5.41, 5.74) is 0. The summed E-state index contributed by atoms with van der Waals surface area (Å²) in [6.07, 6.45) is 16.9. The van der Waals surface area contributed by atoms with Crippen LogP contribution in [0.15, 0.2) is 0 Å². The van der Waals surface area contributed by atoms with Gasteiger partial charge in [-0.25, -0.2) is 0 Å². The van der Waals surface area contributed by atoms with Gasteiger partial charge in [0.2, 0.25) is 0 Å². The first-order valence-corrected chi connectivity index (χ1v) is 10.6. The van der Waals surface area contributed by atoms with Crippen LogP contribution < -0.4 is 0 Å². The Morgan fingerprint density at radius 3 is 2.32 bits per heavy atom. The molecule has 0 N–H and O–H groups in total. The van der Waals surface area contributed by atoms with Crippen LogP contribution in [-0.2, 0) is 9.53 Å². The molecule has 3 heteroatoms. The smallest absolute Gasteiger partial charge is 0.306 e. The Balaban J connectivity index is 1.99. The van der Waals surface area contributed by atoms with Gasteiger partial charge in [-0.2, -0.15) is 0 Å². The van der Waals surface area contributed by atoms with Crippen LogP contribution in [0.5, 0.6) is 0 Å². The summed E-state index contributed by atoms with van der Waals surface area (Å²) in [4.78, 5) is 11.9. The number of alkyl halides is 1. The summed E-state index contributed by atoms with van der Waals surface area (Å²) in [6.45, 7) is 2.26. The van der Waals surface area contributed by atoms with Crippen molar-refractivity contribution in [2.45, 2.75) is 103 Å². The lowest BCUT2D eigenvalue weighted by molar-refractivity contribution is -0.151. The maximum atomic E-state index is 11.9. The average molecular weight is 375 g/mol. The number of hydrogen-bond donors (Lipinski definition) is 0. The van der Waals surface area contributed by atoms with Crippen LogP contribution in [0.1, 0.15) is 96.8 Å².